The van der Waals surface area contributed by atoms with E-state index in [9.17, 15) is 9.59 Å². The molecule has 0 atom stereocenters. The van der Waals surface area contributed by atoms with Crippen LogP contribution < -0.4 is 15.8 Å². The molecule has 1 fully saturated rings. The van der Waals surface area contributed by atoms with E-state index < -0.39 is 0 Å². The van der Waals surface area contributed by atoms with Crippen molar-refractivity contribution in [2.75, 3.05) is 23.3 Å². The predicted molar refractivity (Wildman–Crippen MR) is 101 cm³/mol. The third kappa shape index (κ3) is 3.15. The Labute approximate surface area is 150 Å². The first-order valence-corrected chi connectivity index (χ1v) is 8.71. The van der Waals surface area contributed by atoms with Crippen molar-refractivity contribution >= 4 is 28.3 Å². The first kappa shape index (κ1) is 16.3. The van der Waals surface area contributed by atoms with Gasteiger partial charge in [0, 0.05) is 25.0 Å². The molecular weight excluding hydrogens is 330 g/mol. The molecule has 0 unspecified atom stereocenters. The number of hydrogen-bond donors (Lipinski definition) is 2. The summed E-state index contributed by atoms with van der Waals surface area (Å²) in [5.41, 5.74) is 1.44. The average molecular weight is 349 g/mol. The Morgan fingerprint density at radius 1 is 1.12 bits per heavy atom. The Balaban J connectivity index is 1.63. The number of fused-ring (bicyclic) bond motifs is 1. The van der Waals surface area contributed by atoms with E-state index in [0.717, 1.165) is 25.9 Å². The van der Waals surface area contributed by atoms with Gasteiger partial charge in [-0.15, -0.1) is 0 Å². The number of carbonyl (C=O) groups is 1. The molecule has 0 spiro atoms. The van der Waals surface area contributed by atoms with Crippen molar-refractivity contribution in [3.05, 3.63) is 58.8 Å². The number of anilines is 2. The molecule has 4 rings (SSSR count). The van der Waals surface area contributed by atoms with E-state index in [1.54, 1.807) is 36.5 Å². The molecule has 3 heterocycles. The molecule has 26 heavy (non-hydrogen) atoms. The van der Waals surface area contributed by atoms with Crippen molar-refractivity contribution in [2.24, 2.45) is 0 Å². The molecule has 0 aliphatic carbocycles. The molecule has 1 aromatic carbocycles. The Hall–Kier alpha value is -3.22. The fourth-order valence-electron chi connectivity index (χ4n) is 3.28. The van der Waals surface area contributed by atoms with Crippen LogP contribution in [0.3, 0.4) is 0 Å². The van der Waals surface area contributed by atoms with Crippen molar-refractivity contribution in [2.45, 2.75) is 19.3 Å². The highest BCUT2D eigenvalue weighted by Gasteiger charge is 2.19. The number of aromatic nitrogens is 3. The van der Waals surface area contributed by atoms with Crippen molar-refractivity contribution < 1.29 is 4.79 Å². The molecule has 7 nitrogen and oxygen atoms in total. The maximum Gasteiger partial charge on any atom is 0.259 e. The Kier molecular flexibility index (Phi) is 4.35. The number of H-pyrrole nitrogens is 1. The minimum atomic E-state index is -0.238. The van der Waals surface area contributed by atoms with Gasteiger partial charge in [0.2, 0.25) is 0 Å². The third-order valence-electron chi connectivity index (χ3n) is 4.59. The van der Waals surface area contributed by atoms with Crippen LogP contribution in [0, 0.1) is 0 Å². The Morgan fingerprint density at radius 3 is 2.81 bits per heavy atom. The van der Waals surface area contributed by atoms with Gasteiger partial charge in [0.15, 0.2) is 0 Å². The topological polar surface area (TPSA) is 91.0 Å². The number of carbonyl (C=O) groups excluding carboxylic acids is 1. The van der Waals surface area contributed by atoms with E-state index in [0.29, 0.717) is 28.0 Å². The second-order valence-corrected chi connectivity index (χ2v) is 6.34. The van der Waals surface area contributed by atoms with Crippen molar-refractivity contribution in [1.82, 2.24) is 15.0 Å². The number of hydrogen-bond acceptors (Lipinski definition) is 5. The lowest BCUT2D eigenvalue weighted by molar-refractivity contribution is 0.102. The van der Waals surface area contributed by atoms with Gasteiger partial charge < -0.3 is 15.2 Å². The smallest absolute Gasteiger partial charge is 0.259 e. The maximum absolute atomic E-state index is 12.8. The molecule has 2 aromatic heterocycles. The highest BCUT2D eigenvalue weighted by Crippen LogP contribution is 2.23. The van der Waals surface area contributed by atoms with Crippen LogP contribution in [-0.2, 0) is 0 Å². The second kappa shape index (κ2) is 6.95. The summed E-state index contributed by atoms with van der Waals surface area (Å²) in [7, 11) is 0. The van der Waals surface area contributed by atoms with Gasteiger partial charge in [0.1, 0.15) is 5.82 Å². The van der Waals surface area contributed by atoms with Crippen molar-refractivity contribution in [1.29, 1.82) is 0 Å². The van der Waals surface area contributed by atoms with Crippen LogP contribution in [0.1, 0.15) is 29.6 Å². The molecular formula is C19H19N5O2. The van der Waals surface area contributed by atoms with Crippen LogP contribution in [0.15, 0.2) is 47.7 Å². The minimum absolute atomic E-state index is 0.235. The summed E-state index contributed by atoms with van der Waals surface area (Å²) in [6, 6.07) is 8.63. The zero-order valence-electron chi connectivity index (χ0n) is 14.2. The standard InChI is InChI=1S/C19H19N5O2/c25-18-15-11-13(6-7-16(15)21-12-22-18)23-19(26)14-5-4-8-20-17(14)24-9-2-1-3-10-24/h4-8,11-12H,1-3,9-10H2,(H,23,26)(H,21,22,25). The second-order valence-electron chi connectivity index (χ2n) is 6.34. The van der Waals surface area contributed by atoms with Gasteiger partial charge in [-0.1, -0.05) is 0 Å². The number of pyridine rings is 1. The highest BCUT2D eigenvalue weighted by molar-refractivity contribution is 6.08. The summed E-state index contributed by atoms with van der Waals surface area (Å²) in [5, 5.41) is 3.31. The molecule has 0 radical (unpaired) electrons. The normalized spacial score (nSPS) is 14.4. The molecule has 132 valence electrons. The number of piperidine rings is 1. The lowest BCUT2D eigenvalue weighted by atomic mass is 10.1. The molecule has 1 amide bonds. The predicted octanol–water partition coefficient (Wildman–Crippen LogP) is 2.56. The quantitative estimate of drug-likeness (QED) is 0.758. The van der Waals surface area contributed by atoms with Crippen LogP contribution in [-0.4, -0.2) is 33.9 Å². The van der Waals surface area contributed by atoms with Gasteiger partial charge in [0.25, 0.3) is 11.5 Å². The maximum atomic E-state index is 12.8. The summed E-state index contributed by atoms with van der Waals surface area (Å²) in [5.74, 6) is 0.475. The van der Waals surface area contributed by atoms with Gasteiger partial charge in [-0.2, -0.15) is 0 Å². The Bertz CT molecular complexity index is 1010. The summed E-state index contributed by atoms with van der Waals surface area (Å²) in [6.07, 6.45) is 6.51. The number of benzene rings is 1. The molecule has 1 saturated heterocycles. The van der Waals surface area contributed by atoms with Gasteiger partial charge in [0.05, 0.1) is 22.8 Å². The largest absolute Gasteiger partial charge is 0.356 e. The van der Waals surface area contributed by atoms with Crippen LogP contribution in [0.25, 0.3) is 10.9 Å². The minimum Gasteiger partial charge on any atom is -0.356 e. The van der Waals surface area contributed by atoms with Crippen LogP contribution in [0.4, 0.5) is 11.5 Å². The van der Waals surface area contributed by atoms with Crippen molar-refractivity contribution in [3.63, 3.8) is 0 Å². The molecule has 2 N–H and O–H groups in total. The summed E-state index contributed by atoms with van der Waals surface area (Å²) in [4.78, 5) is 38.0. The summed E-state index contributed by atoms with van der Waals surface area (Å²) < 4.78 is 0. The number of nitrogens with one attached hydrogen (secondary N) is 2. The van der Waals surface area contributed by atoms with E-state index in [-0.39, 0.29) is 11.5 Å². The number of amides is 1. The number of rotatable bonds is 3. The average Bonchev–Trinajstić information content (AvgIpc) is 2.69. The lowest BCUT2D eigenvalue weighted by Crippen LogP contribution is -2.32. The summed E-state index contributed by atoms with van der Waals surface area (Å²) >= 11 is 0. The van der Waals surface area contributed by atoms with Gasteiger partial charge in [-0.05, 0) is 49.6 Å². The third-order valence-corrected chi connectivity index (χ3v) is 4.59. The van der Waals surface area contributed by atoms with E-state index >= 15 is 0 Å². The van der Waals surface area contributed by atoms with Gasteiger partial charge in [-0.25, -0.2) is 9.97 Å². The molecule has 0 bridgehead atoms. The first-order valence-electron chi connectivity index (χ1n) is 8.71. The molecule has 3 aromatic rings. The zero-order chi connectivity index (χ0) is 17.9. The lowest BCUT2D eigenvalue weighted by Gasteiger charge is -2.29. The Morgan fingerprint density at radius 2 is 1.96 bits per heavy atom. The van der Waals surface area contributed by atoms with Crippen LogP contribution in [0.5, 0.6) is 0 Å². The monoisotopic (exact) mass is 349 g/mol. The van der Waals surface area contributed by atoms with Crippen LogP contribution >= 0.6 is 0 Å². The SMILES string of the molecule is O=C(Nc1ccc2nc[nH]c(=O)c2c1)c1cccnc1N1CCCCC1. The van der Waals surface area contributed by atoms with E-state index in [1.807, 2.05) is 0 Å². The fourth-order valence-corrected chi connectivity index (χ4v) is 3.28. The van der Waals surface area contributed by atoms with Crippen LogP contribution in [0.2, 0.25) is 0 Å². The molecule has 7 heteroatoms. The van der Waals surface area contributed by atoms with Gasteiger partial charge >= 0.3 is 0 Å². The number of aromatic amines is 1. The molecule has 1 aliphatic rings. The number of nitrogens with zero attached hydrogens (tertiary/aromatic N) is 3. The fraction of sp³-hybridized carbons (Fsp3) is 0.263. The van der Waals surface area contributed by atoms with E-state index in [4.69, 9.17) is 0 Å². The summed E-state index contributed by atoms with van der Waals surface area (Å²) in [6.45, 7) is 1.82. The molecule has 1 aliphatic heterocycles. The first-order chi connectivity index (χ1) is 12.7. The van der Waals surface area contributed by atoms with E-state index in [1.165, 1.54) is 12.7 Å². The van der Waals surface area contributed by atoms with E-state index in [2.05, 4.69) is 25.2 Å². The highest BCUT2D eigenvalue weighted by atomic mass is 16.1. The zero-order valence-corrected chi connectivity index (χ0v) is 14.2. The van der Waals surface area contributed by atoms with Crippen molar-refractivity contribution in [3.8, 4) is 0 Å². The van der Waals surface area contributed by atoms with Gasteiger partial charge in [-0.3, -0.25) is 9.59 Å². The molecule has 0 saturated carbocycles.